The van der Waals surface area contributed by atoms with Crippen LogP contribution in [0.2, 0.25) is 0 Å². The third-order valence-electron chi connectivity index (χ3n) is 4.34. The number of carbonyl (C=O) groups is 1. The molecule has 0 aliphatic carbocycles. The minimum atomic E-state index is -0.387. The largest absolute Gasteiger partial charge is 0.467 e. The zero-order valence-electron chi connectivity index (χ0n) is 13.0. The van der Waals surface area contributed by atoms with Crippen LogP contribution in [0.5, 0.6) is 5.75 Å². The van der Waals surface area contributed by atoms with Gasteiger partial charge in [0.05, 0.1) is 43.3 Å². The van der Waals surface area contributed by atoms with Crippen molar-refractivity contribution in [2.45, 2.75) is 20.1 Å². The van der Waals surface area contributed by atoms with Crippen LogP contribution in [0, 0.1) is 10.1 Å². The molecular weight excluding hydrogens is 302 g/mol. The van der Waals surface area contributed by atoms with E-state index < -0.39 is 0 Å². The van der Waals surface area contributed by atoms with Crippen LogP contribution in [-0.4, -0.2) is 48.7 Å². The molecule has 2 aliphatic rings. The van der Waals surface area contributed by atoms with E-state index in [1.807, 2.05) is 4.90 Å². The predicted octanol–water partition coefficient (Wildman–Crippen LogP) is -0.292. The zero-order chi connectivity index (χ0) is 16.4. The number of amides is 1. The molecule has 1 saturated heterocycles. The van der Waals surface area contributed by atoms with Gasteiger partial charge < -0.3 is 19.3 Å². The molecule has 1 amide bonds. The first-order chi connectivity index (χ1) is 11.0. The second-order valence-corrected chi connectivity index (χ2v) is 5.89. The highest BCUT2D eigenvalue weighted by Crippen LogP contribution is 2.32. The summed E-state index contributed by atoms with van der Waals surface area (Å²) >= 11 is 0. The number of rotatable bonds is 3. The Balaban J connectivity index is 1.78. The maximum Gasteiger partial charge on any atom is 0.270 e. The Hall–Kier alpha value is -2.19. The van der Waals surface area contributed by atoms with E-state index in [4.69, 9.17) is 9.47 Å². The van der Waals surface area contributed by atoms with Crippen molar-refractivity contribution >= 4 is 11.6 Å². The fraction of sp³-hybridized carbons (Fsp3) is 0.533. The molecule has 3 rings (SSSR count). The molecule has 124 valence electrons. The van der Waals surface area contributed by atoms with E-state index in [9.17, 15) is 14.9 Å². The van der Waals surface area contributed by atoms with E-state index in [0.717, 1.165) is 24.2 Å². The van der Waals surface area contributed by atoms with Crippen molar-refractivity contribution in [1.82, 2.24) is 4.90 Å². The molecule has 0 saturated carbocycles. The van der Waals surface area contributed by atoms with E-state index in [2.05, 4.69) is 0 Å². The molecular formula is C15H20N3O5+. The number of carbonyl (C=O) groups excluding carboxylic acids is 1. The third-order valence-corrected chi connectivity index (χ3v) is 4.34. The molecule has 1 fully saturated rings. The van der Waals surface area contributed by atoms with Crippen LogP contribution in [-0.2, 0) is 22.7 Å². The molecule has 0 aromatic heterocycles. The van der Waals surface area contributed by atoms with Crippen molar-refractivity contribution < 1.29 is 24.1 Å². The van der Waals surface area contributed by atoms with E-state index in [1.54, 1.807) is 13.0 Å². The number of non-ortho nitro benzene ring substituents is 1. The van der Waals surface area contributed by atoms with Crippen molar-refractivity contribution in [1.29, 1.82) is 0 Å². The summed E-state index contributed by atoms with van der Waals surface area (Å²) in [5, 5.41) is 11.1. The Morgan fingerprint density at radius 2 is 2.13 bits per heavy atom. The summed E-state index contributed by atoms with van der Waals surface area (Å²) in [7, 11) is 0. The summed E-state index contributed by atoms with van der Waals surface area (Å²) in [4.78, 5) is 25.2. The number of nitro groups is 1. The Morgan fingerprint density at radius 3 is 2.78 bits per heavy atom. The van der Waals surface area contributed by atoms with Crippen LogP contribution in [0.25, 0.3) is 0 Å². The van der Waals surface area contributed by atoms with E-state index in [0.29, 0.717) is 32.0 Å². The predicted molar refractivity (Wildman–Crippen MR) is 80.0 cm³/mol. The first kappa shape index (κ1) is 15.7. The lowest BCUT2D eigenvalue weighted by Crippen LogP contribution is -3.13. The standard InChI is InChI=1S/C15H19N3O5/c1-11(19)17-4-2-16(3-5-17)8-12-6-14(18(20)21)7-13-9-22-10-23-15(12)13/h6-7H,2-5,8-10H2,1H3/p+1. The monoisotopic (exact) mass is 322 g/mol. The summed E-state index contributed by atoms with van der Waals surface area (Å²) < 4.78 is 10.8. The zero-order valence-corrected chi connectivity index (χ0v) is 13.0. The lowest BCUT2D eigenvalue weighted by atomic mass is 10.1. The number of hydrogen-bond acceptors (Lipinski definition) is 5. The molecule has 0 unspecified atom stereocenters. The maximum absolute atomic E-state index is 11.4. The van der Waals surface area contributed by atoms with Crippen LogP contribution in [0.15, 0.2) is 12.1 Å². The van der Waals surface area contributed by atoms with Gasteiger partial charge >= 0.3 is 0 Å². The molecule has 2 aliphatic heterocycles. The number of ether oxygens (including phenoxy) is 2. The molecule has 0 radical (unpaired) electrons. The van der Waals surface area contributed by atoms with Gasteiger partial charge in [-0.2, -0.15) is 0 Å². The molecule has 1 N–H and O–H groups in total. The Kier molecular flexibility index (Phi) is 4.44. The fourth-order valence-corrected chi connectivity index (χ4v) is 3.10. The summed E-state index contributed by atoms with van der Waals surface area (Å²) in [5.41, 5.74) is 1.63. The average Bonchev–Trinajstić information content (AvgIpc) is 2.55. The minimum Gasteiger partial charge on any atom is -0.467 e. The van der Waals surface area contributed by atoms with Gasteiger partial charge in [0.1, 0.15) is 12.3 Å². The van der Waals surface area contributed by atoms with Gasteiger partial charge in [-0.3, -0.25) is 14.9 Å². The summed E-state index contributed by atoms with van der Waals surface area (Å²) in [6, 6.07) is 3.11. The van der Waals surface area contributed by atoms with Gasteiger partial charge in [-0.05, 0) is 0 Å². The van der Waals surface area contributed by atoms with E-state index in [-0.39, 0.29) is 23.3 Å². The lowest BCUT2D eigenvalue weighted by molar-refractivity contribution is -0.917. The van der Waals surface area contributed by atoms with Gasteiger partial charge in [-0.1, -0.05) is 0 Å². The van der Waals surface area contributed by atoms with Crippen LogP contribution in [0.1, 0.15) is 18.1 Å². The van der Waals surface area contributed by atoms with Crippen molar-refractivity contribution in [3.05, 3.63) is 33.4 Å². The van der Waals surface area contributed by atoms with Gasteiger partial charge in [-0.25, -0.2) is 0 Å². The SMILES string of the molecule is CC(=O)N1CC[NH+](Cc2cc([N+](=O)[O-])cc3c2OCOC3)CC1. The summed E-state index contributed by atoms with van der Waals surface area (Å²) in [6.45, 7) is 5.81. The molecule has 0 atom stereocenters. The number of piperazine rings is 1. The lowest BCUT2D eigenvalue weighted by Gasteiger charge is -2.32. The Labute approximate surface area is 133 Å². The van der Waals surface area contributed by atoms with Gasteiger partial charge in [0.15, 0.2) is 6.79 Å². The number of benzene rings is 1. The van der Waals surface area contributed by atoms with Crippen LogP contribution < -0.4 is 9.64 Å². The smallest absolute Gasteiger partial charge is 0.270 e. The summed E-state index contributed by atoms with van der Waals surface area (Å²) in [6.07, 6.45) is 0. The van der Waals surface area contributed by atoms with Gasteiger partial charge in [0, 0.05) is 24.6 Å². The minimum absolute atomic E-state index is 0.0645. The molecule has 1 aromatic rings. The van der Waals surface area contributed by atoms with Crippen LogP contribution in [0.3, 0.4) is 0 Å². The van der Waals surface area contributed by atoms with Crippen LogP contribution >= 0.6 is 0 Å². The molecule has 0 bridgehead atoms. The molecule has 23 heavy (non-hydrogen) atoms. The molecule has 1 aromatic carbocycles. The topological polar surface area (TPSA) is 86.4 Å². The number of hydrogen-bond donors (Lipinski definition) is 1. The van der Waals surface area contributed by atoms with Crippen molar-refractivity contribution in [2.75, 3.05) is 33.0 Å². The first-order valence-corrected chi connectivity index (χ1v) is 7.64. The van der Waals surface area contributed by atoms with Crippen LogP contribution in [0.4, 0.5) is 5.69 Å². The first-order valence-electron chi connectivity index (χ1n) is 7.64. The Bertz CT molecular complexity index is 626. The second kappa shape index (κ2) is 6.51. The van der Waals surface area contributed by atoms with Crippen molar-refractivity contribution in [3.8, 4) is 5.75 Å². The molecule has 8 nitrogen and oxygen atoms in total. The molecule has 2 heterocycles. The number of nitrogens with one attached hydrogen (secondary N) is 1. The number of nitrogens with zero attached hydrogens (tertiary/aromatic N) is 2. The number of fused-ring (bicyclic) bond motifs is 1. The average molecular weight is 322 g/mol. The number of nitro benzene ring substituents is 1. The van der Waals surface area contributed by atoms with Crippen molar-refractivity contribution in [2.24, 2.45) is 0 Å². The second-order valence-electron chi connectivity index (χ2n) is 5.89. The number of quaternary nitrogens is 1. The summed E-state index contributed by atoms with van der Waals surface area (Å²) in [5.74, 6) is 0.806. The normalized spacial score (nSPS) is 18.2. The van der Waals surface area contributed by atoms with E-state index in [1.165, 1.54) is 11.0 Å². The quantitative estimate of drug-likeness (QED) is 0.610. The Morgan fingerprint density at radius 1 is 1.39 bits per heavy atom. The highest BCUT2D eigenvalue weighted by Gasteiger charge is 2.26. The molecule has 8 heteroatoms. The van der Waals surface area contributed by atoms with Gasteiger partial charge in [0.25, 0.3) is 5.69 Å². The van der Waals surface area contributed by atoms with Gasteiger partial charge in [0.2, 0.25) is 5.91 Å². The highest BCUT2D eigenvalue weighted by atomic mass is 16.7. The fourth-order valence-electron chi connectivity index (χ4n) is 3.10. The van der Waals surface area contributed by atoms with Gasteiger partial charge in [-0.15, -0.1) is 0 Å². The molecule has 0 spiro atoms. The maximum atomic E-state index is 11.4. The van der Waals surface area contributed by atoms with Crippen molar-refractivity contribution in [3.63, 3.8) is 0 Å². The highest BCUT2D eigenvalue weighted by molar-refractivity contribution is 5.73. The van der Waals surface area contributed by atoms with E-state index >= 15 is 0 Å². The third kappa shape index (κ3) is 3.43.